The standard InChI is InChI=1S/C23H25N3O2/c1-15(17-8-7-16-9-10-22(27)25-13-18(16)11-17)24-14-19-12-23(28-2)26-21-6-4-3-5-20(19)21/h3-8,11-12,15,24H,9-10,13-14H2,1-2H3,(H,25,27). The summed E-state index contributed by atoms with van der Waals surface area (Å²) in [6.45, 7) is 3.49. The molecule has 5 nitrogen and oxygen atoms in total. The molecule has 0 fully saturated rings. The molecule has 2 N–H and O–H groups in total. The quantitative estimate of drug-likeness (QED) is 0.714. The predicted molar refractivity (Wildman–Crippen MR) is 110 cm³/mol. The van der Waals surface area contributed by atoms with Crippen molar-refractivity contribution in [3.8, 4) is 5.88 Å². The molecule has 0 aliphatic carbocycles. The van der Waals surface area contributed by atoms with Crippen LogP contribution < -0.4 is 15.4 Å². The Morgan fingerprint density at radius 2 is 2.00 bits per heavy atom. The van der Waals surface area contributed by atoms with Gasteiger partial charge in [-0.15, -0.1) is 0 Å². The van der Waals surface area contributed by atoms with Gasteiger partial charge in [-0.3, -0.25) is 4.79 Å². The van der Waals surface area contributed by atoms with E-state index in [1.54, 1.807) is 7.11 Å². The molecular formula is C23H25N3O2. The third-order valence-electron chi connectivity index (χ3n) is 5.41. The van der Waals surface area contributed by atoms with Gasteiger partial charge in [0.2, 0.25) is 11.8 Å². The second-order valence-electron chi connectivity index (χ2n) is 7.25. The third kappa shape index (κ3) is 3.85. The molecule has 4 rings (SSSR count). The third-order valence-corrected chi connectivity index (χ3v) is 5.41. The number of rotatable bonds is 5. The molecule has 0 spiro atoms. The molecule has 3 aromatic rings. The van der Waals surface area contributed by atoms with Gasteiger partial charge < -0.3 is 15.4 Å². The van der Waals surface area contributed by atoms with Crippen LogP contribution in [-0.4, -0.2) is 18.0 Å². The number of para-hydroxylation sites is 1. The van der Waals surface area contributed by atoms with E-state index < -0.39 is 0 Å². The fourth-order valence-corrected chi connectivity index (χ4v) is 3.71. The van der Waals surface area contributed by atoms with Crippen molar-refractivity contribution in [1.82, 2.24) is 15.6 Å². The number of ether oxygens (including phenoxy) is 1. The van der Waals surface area contributed by atoms with Crippen LogP contribution in [0.1, 0.15) is 41.6 Å². The molecule has 5 heteroatoms. The van der Waals surface area contributed by atoms with E-state index in [1.165, 1.54) is 16.7 Å². The Labute approximate surface area is 165 Å². The molecule has 2 heterocycles. The van der Waals surface area contributed by atoms with E-state index in [9.17, 15) is 4.79 Å². The van der Waals surface area contributed by atoms with Crippen LogP contribution >= 0.6 is 0 Å². The maximum Gasteiger partial charge on any atom is 0.220 e. The first kappa shape index (κ1) is 18.4. The molecule has 2 aromatic carbocycles. The Morgan fingerprint density at radius 1 is 1.14 bits per heavy atom. The fraction of sp³-hybridized carbons (Fsp3) is 0.304. The van der Waals surface area contributed by atoms with Gasteiger partial charge in [0.05, 0.1) is 12.6 Å². The lowest BCUT2D eigenvalue weighted by atomic mass is 9.98. The van der Waals surface area contributed by atoms with Gasteiger partial charge in [-0.25, -0.2) is 4.98 Å². The monoisotopic (exact) mass is 375 g/mol. The van der Waals surface area contributed by atoms with Gasteiger partial charge in [0.15, 0.2) is 0 Å². The van der Waals surface area contributed by atoms with Crippen molar-refractivity contribution in [1.29, 1.82) is 0 Å². The minimum Gasteiger partial charge on any atom is -0.481 e. The minimum atomic E-state index is 0.127. The average molecular weight is 375 g/mol. The summed E-state index contributed by atoms with van der Waals surface area (Å²) in [6.07, 6.45) is 1.38. The molecule has 28 heavy (non-hydrogen) atoms. The molecule has 0 saturated carbocycles. The number of pyridine rings is 1. The first-order chi connectivity index (χ1) is 13.6. The Bertz CT molecular complexity index is 1020. The van der Waals surface area contributed by atoms with Crippen LogP contribution in [0.3, 0.4) is 0 Å². The SMILES string of the molecule is COc1cc(CNC(C)c2ccc3c(c2)CNC(=O)CC3)c2ccccc2n1. The van der Waals surface area contributed by atoms with E-state index in [1.807, 2.05) is 24.3 Å². The summed E-state index contributed by atoms with van der Waals surface area (Å²) < 4.78 is 5.36. The van der Waals surface area contributed by atoms with Crippen LogP contribution in [-0.2, 0) is 24.3 Å². The zero-order valence-electron chi connectivity index (χ0n) is 16.3. The van der Waals surface area contributed by atoms with Crippen molar-refractivity contribution < 1.29 is 9.53 Å². The molecule has 1 aromatic heterocycles. The highest BCUT2D eigenvalue weighted by atomic mass is 16.5. The lowest BCUT2D eigenvalue weighted by molar-refractivity contribution is -0.121. The number of hydrogen-bond donors (Lipinski definition) is 2. The molecule has 0 radical (unpaired) electrons. The lowest BCUT2D eigenvalue weighted by Gasteiger charge is -2.18. The molecule has 0 saturated heterocycles. The first-order valence-corrected chi connectivity index (χ1v) is 9.68. The van der Waals surface area contributed by atoms with Crippen LogP contribution in [0.5, 0.6) is 5.88 Å². The second kappa shape index (κ2) is 7.98. The number of aryl methyl sites for hydroxylation is 1. The molecule has 1 atom stereocenters. The topological polar surface area (TPSA) is 63.2 Å². The Balaban J connectivity index is 1.53. The van der Waals surface area contributed by atoms with Crippen LogP contribution in [0.2, 0.25) is 0 Å². The summed E-state index contributed by atoms with van der Waals surface area (Å²) in [6, 6.07) is 16.8. The highest BCUT2D eigenvalue weighted by molar-refractivity contribution is 5.82. The number of nitrogens with zero attached hydrogens (tertiary/aromatic N) is 1. The number of carbonyl (C=O) groups excluding carboxylic acids is 1. The number of fused-ring (bicyclic) bond motifs is 2. The minimum absolute atomic E-state index is 0.127. The van der Waals surface area contributed by atoms with E-state index in [2.05, 4.69) is 46.8 Å². The second-order valence-corrected chi connectivity index (χ2v) is 7.25. The molecule has 1 aliphatic rings. The number of carbonyl (C=O) groups is 1. The highest BCUT2D eigenvalue weighted by Crippen LogP contribution is 2.24. The van der Waals surface area contributed by atoms with E-state index in [-0.39, 0.29) is 11.9 Å². The van der Waals surface area contributed by atoms with Gasteiger partial charge in [-0.1, -0.05) is 36.4 Å². The van der Waals surface area contributed by atoms with Crippen LogP contribution in [0.25, 0.3) is 10.9 Å². The Morgan fingerprint density at radius 3 is 2.86 bits per heavy atom. The first-order valence-electron chi connectivity index (χ1n) is 9.68. The van der Waals surface area contributed by atoms with Gasteiger partial charge in [0.1, 0.15) is 0 Å². The molecule has 1 unspecified atom stereocenters. The van der Waals surface area contributed by atoms with Crippen LogP contribution in [0.15, 0.2) is 48.5 Å². The summed E-state index contributed by atoms with van der Waals surface area (Å²) in [7, 11) is 1.64. The summed E-state index contributed by atoms with van der Waals surface area (Å²) in [5, 5.41) is 7.73. The van der Waals surface area contributed by atoms with Crippen molar-refractivity contribution in [2.24, 2.45) is 0 Å². The predicted octanol–water partition coefficient (Wildman–Crippen LogP) is 3.66. The number of amides is 1. The molecule has 1 amide bonds. The lowest BCUT2D eigenvalue weighted by Crippen LogP contribution is -2.21. The van der Waals surface area contributed by atoms with E-state index in [0.29, 0.717) is 25.4 Å². The molecule has 144 valence electrons. The van der Waals surface area contributed by atoms with Crippen molar-refractivity contribution in [3.05, 3.63) is 70.8 Å². The van der Waals surface area contributed by atoms with Gasteiger partial charge in [-0.2, -0.15) is 0 Å². The molecule has 0 bridgehead atoms. The van der Waals surface area contributed by atoms with Gasteiger partial charge in [-0.05, 0) is 41.7 Å². The van der Waals surface area contributed by atoms with Gasteiger partial charge >= 0.3 is 0 Å². The van der Waals surface area contributed by atoms with Crippen molar-refractivity contribution in [2.45, 2.75) is 38.9 Å². The Hall–Kier alpha value is -2.92. The summed E-state index contributed by atoms with van der Waals surface area (Å²) in [5.74, 6) is 0.756. The number of methoxy groups -OCH3 is 1. The van der Waals surface area contributed by atoms with Gasteiger partial charge in [0, 0.05) is 37.0 Å². The number of nitrogens with one attached hydrogen (secondary N) is 2. The summed E-state index contributed by atoms with van der Waals surface area (Å²) >= 11 is 0. The van der Waals surface area contributed by atoms with E-state index in [4.69, 9.17) is 4.74 Å². The van der Waals surface area contributed by atoms with Crippen LogP contribution in [0, 0.1) is 0 Å². The zero-order valence-corrected chi connectivity index (χ0v) is 16.3. The molecular weight excluding hydrogens is 350 g/mol. The Kier molecular flexibility index (Phi) is 5.26. The normalized spacial score (nSPS) is 14.9. The maximum atomic E-state index is 11.7. The average Bonchev–Trinajstić information content (AvgIpc) is 2.92. The number of aromatic nitrogens is 1. The maximum absolute atomic E-state index is 11.7. The smallest absolute Gasteiger partial charge is 0.220 e. The largest absolute Gasteiger partial charge is 0.481 e. The summed E-state index contributed by atoms with van der Waals surface area (Å²) in [5.41, 5.74) is 5.80. The van der Waals surface area contributed by atoms with Crippen molar-refractivity contribution in [2.75, 3.05) is 7.11 Å². The van der Waals surface area contributed by atoms with Crippen LogP contribution in [0.4, 0.5) is 0 Å². The zero-order chi connectivity index (χ0) is 19.5. The van der Waals surface area contributed by atoms with E-state index in [0.717, 1.165) is 22.9 Å². The number of hydrogen-bond acceptors (Lipinski definition) is 4. The molecule has 1 aliphatic heterocycles. The number of benzene rings is 2. The highest BCUT2D eigenvalue weighted by Gasteiger charge is 2.15. The van der Waals surface area contributed by atoms with Gasteiger partial charge in [0.25, 0.3) is 0 Å². The van der Waals surface area contributed by atoms with Crippen molar-refractivity contribution in [3.63, 3.8) is 0 Å². The van der Waals surface area contributed by atoms with Crippen molar-refractivity contribution >= 4 is 16.8 Å². The van der Waals surface area contributed by atoms with E-state index >= 15 is 0 Å². The summed E-state index contributed by atoms with van der Waals surface area (Å²) in [4.78, 5) is 16.2. The fourth-order valence-electron chi connectivity index (χ4n) is 3.71.